The Morgan fingerprint density at radius 3 is 2.64 bits per heavy atom. The number of aliphatic carboxylic acids is 1. The lowest BCUT2D eigenvalue weighted by Crippen LogP contribution is -2.71. The minimum Gasteiger partial charge on any atom is -0.477 e. The average Bonchev–Trinajstić information content (AvgIpc) is 3.66. The fraction of sp³-hybridized carbons (Fsp3) is 0.583. The number of hydrogen-bond acceptors (Lipinski definition) is 16. The highest BCUT2D eigenvalue weighted by atomic mass is 32.2. The molecule has 5 N–H and O–H groups in total. The van der Waals surface area contributed by atoms with E-state index in [9.17, 15) is 19.5 Å². The molecule has 2 atom stereocenters. The molecule has 5 heterocycles. The Hall–Kier alpha value is -3.30. The predicted molar refractivity (Wildman–Crippen MR) is 163 cm³/mol. The van der Waals surface area contributed by atoms with Gasteiger partial charge in [-0.25, -0.2) is 14.5 Å². The normalized spacial score (nSPS) is 21.3. The Balaban J connectivity index is 1.17. The number of aliphatic hydroxyl groups is 1. The lowest BCUT2D eigenvalue weighted by Gasteiger charge is -2.49. The monoisotopic (exact) mass is 667 g/mol. The topological polar surface area (TPSA) is 218 Å². The molecule has 2 fully saturated rings. The summed E-state index contributed by atoms with van der Waals surface area (Å²) in [6, 6.07) is -0.945. The number of nitrogens with two attached hydrogens (primary N) is 1. The van der Waals surface area contributed by atoms with Crippen LogP contribution < -0.4 is 11.1 Å². The second-order valence-corrected chi connectivity index (χ2v) is 13.0. The van der Waals surface area contributed by atoms with E-state index in [1.54, 1.807) is 10.1 Å². The first-order valence-electron chi connectivity index (χ1n) is 13.8. The van der Waals surface area contributed by atoms with Crippen LogP contribution in [0.15, 0.2) is 27.0 Å². The molecule has 3 aliphatic heterocycles. The van der Waals surface area contributed by atoms with E-state index in [0.717, 1.165) is 50.5 Å². The maximum absolute atomic E-state index is 13.1. The summed E-state index contributed by atoms with van der Waals surface area (Å²) < 4.78 is 1.71. The number of β-amino-alcohol motifs (C(OH)–C–C–N with tert-alkyl or cyclic N) is 1. The lowest BCUT2D eigenvalue weighted by atomic mass is 10.0. The van der Waals surface area contributed by atoms with Gasteiger partial charge < -0.3 is 31.0 Å². The molecule has 20 heteroatoms. The maximum atomic E-state index is 13.1. The van der Waals surface area contributed by atoms with E-state index in [2.05, 4.69) is 40.8 Å². The molecule has 0 bridgehead atoms. The van der Waals surface area contributed by atoms with Crippen LogP contribution in [-0.2, 0) is 25.8 Å². The summed E-state index contributed by atoms with van der Waals surface area (Å²) in [7, 11) is 1.28. The van der Waals surface area contributed by atoms with Crippen LogP contribution in [0, 0.1) is 0 Å². The highest BCUT2D eigenvalue weighted by Gasteiger charge is 2.54. The van der Waals surface area contributed by atoms with Crippen molar-refractivity contribution in [2.45, 2.75) is 29.5 Å². The summed E-state index contributed by atoms with van der Waals surface area (Å²) in [5.41, 5.74) is 6.22. The van der Waals surface area contributed by atoms with Crippen molar-refractivity contribution < 1.29 is 29.4 Å². The zero-order valence-corrected chi connectivity index (χ0v) is 26.3. The number of rotatable bonds is 14. The molecule has 1 unspecified atom stereocenters. The number of carbonyl (C=O) groups is 3. The summed E-state index contributed by atoms with van der Waals surface area (Å²) in [4.78, 5) is 53.1. The fourth-order valence-corrected chi connectivity index (χ4v) is 8.05. The minimum atomic E-state index is -1.22. The number of piperazine rings is 1. The molecular weight excluding hydrogens is 635 g/mol. The van der Waals surface area contributed by atoms with Gasteiger partial charge in [0, 0.05) is 62.7 Å². The molecule has 0 spiro atoms. The molecule has 5 rings (SSSR count). The number of fused-ring (bicyclic) bond motifs is 1. The second-order valence-electron chi connectivity index (χ2n) is 10.0. The molecule has 2 amide bonds. The van der Waals surface area contributed by atoms with Gasteiger partial charge in [-0.2, -0.15) is 0 Å². The zero-order valence-electron chi connectivity index (χ0n) is 23.9. The Morgan fingerprint density at radius 2 is 1.98 bits per heavy atom. The predicted octanol–water partition coefficient (Wildman–Crippen LogP) is -1.41. The highest BCUT2D eigenvalue weighted by Crippen LogP contribution is 2.41. The third kappa shape index (κ3) is 7.15. The van der Waals surface area contributed by atoms with E-state index in [-0.39, 0.29) is 34.6 Å². The zero-order chi connectivity index (χ0) is 31.2. The van der Waals surface area contributed by atoms with Crippen LogP contribution in [0.25, 0.3) is 0 Å². The van der Waals surface area contributed by atoms with Gasteiger partial charge in [0.2, 0.25) is 5.16 Å². The van der Waals surface area contributed by atoms with Gasteiger partial charge in [-0.3, -0.25) is 19.4 Å². The van der Waals surface area contributed by atoms with Crippen LogP contribution in [0.4, 0.5) is 5.13 Å². The molecule has 44 heavy (non-hydrogen) atoms. The van der Waals surface area contributed by atoms with Gasteiger partial charge in [0.25, 0.3) is 11.8 Å². The number of tetrazole rings is 1. The molecule has 0 radical (unpaired) electrons. The number of aliphatic hydroxyl groups excluding tert-OH is 1. The van der Waals surface area contributed by atoms with E-state index in [1.807, 2.05) is 0 Å². The molecule has 2 aromatic heterocycles. The Kier molecular flexibility index (Phi) is 10.7. The summed E-state index contributed by atoms with van der Waals surface area (Å²) in [6.07, 6.45) is 0.848. The number of carbonyl (C=O) groups excluding carboxylic acids is 2. The van der Waals surface area contributed by atoms with Crippen molar-refractivity contribution in [2.24, 2.45) is 5.16 Å². The molecule has 0 saturated carbocycles. The van der Waals surface area contributed by atoms with Gasteiger partial charge in [0.05, 0.1) is 6.61 Å². The van der Waals surface area contributed by atoms with E-state index < -0.39 is 29.2 Å². The smallest absolute Gasteiger partial charge is 0.352 e. The van der Waals surface area contributed by atoms with Crippen molar-refractivity contribution in [2.75, 3.05) is 70.2 Å². The molecule has 0 aliphatic carbocycles. The number of nitrogen functional groups attached to an aromatic ring is 1. The molecule has 17 nitrogen and oxygen atoms in total. The fourth-order valence-electron chi connectivity index (χ4n) is 5.11. The summed E-state index contributed by atoms with van der Waals surface area (Å²) in [6.45, 7) is 6.16. The van der Waals surface area contributed by atoms with Gasteiger partial charge >= 0.3 is 5.97 Å². The summed E-state index contributed by atoms with van der Waals surface area (Å²) in [5, 5.41) is 39.3. The molecular formula is C24H33N11O6S3. The molecule has 2 aromatic rings. The minimum absolute atomic E-state index is 0.0887. The number of aromatic nitrogens is 5. The Labute approximate surface area is 264 Å². The van der Waals surface area contributed by atoms with E-state index in [4.69, 9.17) is 15.7 Å². The van der Waals surface area contributed by atoms with Crippen LogP contribution in [0.3, 0.4) is 0 Å². The van der Waals surface area contributed by atoms with Gasteiger partial charge in [-0.05, 0) is 22.4 Å². The number of aryl methyl sites for hydroxylation is 1. The summed E-state index contributed by atoms with van der Waals surface area (Å²) >= 11 is 3.81. The third-order valence-electron chi connectivity index (χ3n) is 7.30. The van der Waals surface area contributed by atoms with Crippen LogP contribution in [0.2, 0.25) is 0 Å². The number of thiazole rings is 1. The van der Waals surface area contributed by atoms with Crippen LogP contribution in [0.5, 0.6) is 0 Å². The number of nitrogens with zero attached hydrogens (tertiary/aromatic N) is 9. The van der Waals surface area contributed by atoms with E-state index in [0.29, 0.717) is 29.6 Å². The van der Waals surface area contributed by atoms with Gasteiger partial charge in [0.1, 0.15) is 29.9 Å². The van der Waals surface area contributed by atoms with Crippen molar-refractivity contribution in [3.63, 3.8) is 0 Å². The number of nitrogens with one attached hydrogen (secondary N) is 1. The SMILES string of the molecule is CO/N=C(/C(=O)NC1C(=O)N2C(C(=O)O)=C(CSc3nnnn3CCCN3CCN(CCO)CC3)CS[C@H]12)c1csc(N)n1. The number of anilines is 1. The quantitative estimate of drug-likeness (QED) is 0.0788. The number of amides is 2. The van der Waals surface area contributed by atoms with Gasteiger partial charge in [-0.15, -0.1) is 28.2 Å². The summed E-state index contributed by atoms with van der Waals surface area (Å²) in [5.74, 6) is -1.81. The van der Waals surface area contributed by atoms with Crippen molar-refractivity contribution in [3.8, 4) is 0 Å². The first-order chi connectivity index (χ1) is 21.3. The Morgan fingerprint density at radius 1 is 1.23 bits per heavy atom. The van der Waals surface area contributed by atoms with Gasteiger partial charge in [-0.1, -0.05) is 16.9 Å². The first kappa shape index (κ1) is 32.1. The maximum Gasteiger partial charge on any atom is 0.352 e. The van der Waals surface area contributed by atoms with Crippen molar-refractivity contribution >= 4 is 63.5 Å². The number of oxime groups is 1. The van der Waals surface area contributed by atoms with E-state index >= 15 is 0 Å². The van der Waals surface area contributed by atoms with Crippen LogP contribution in [-0.4, -0.2) is 150 Å². The molecule has 3 aliphatic rings. The standard InChI is InChI=1S/C24H33N11O6S3/c1-41-29-16(15-13-43-23(25)26-15)19(37)27-17-20(38)35-18(22(39)40)14(11-42-21(17)35)12-44-24-28-30-31-34(24)4-2-3-32-5-7-33(8-6-32)9-10-36/h13,17,21,36H,2-12H2,1H3,(H2,25,26)(H,27,37)(H,39,40)/b29-16+/t17?,21-/m1/s1. The highest BCUT2D eigenvalue weighted by molar-refractivity contribution is 8.01. The van der Waals surface area contributed by atoms with Crippen molar-refractivity contribution in [1.29, 1.82) is 0 Å². The lowest BCUT2D eigenvalue weighted by molar-refractivity contribution is -0.150. The number of hydrogen-bond donors (Lipinski definition) is 4. The van der Waals surface area contributed by atoms with E-state index in [1.165, 1.54) is 35.5 Å². The first-order valence-corrected chi connectivity index (χ1v) is 16.7. The number of thioether (sulfide) groups is 2. The van der Waals surface area contributed by atoms with Crippen LogP contribution >= 0.6 is 34.9 Å². The number of carboxylic acids is 1. The largest absolute Gasteiger partial charge is 0.477 e. The molecule has 0 aromatic carbocycles. The van der Waals surface area contributed by atoms with Crippen molar-refractivity contribution in [3.05, 3.63) is 22.3 Å². The second kappa shape index (κ2) is 14.7. The molecule has 238 valence electrons. The Bertz CT molecular complexity index is 1420. The average molecular weight is 668 g/mol. The third-order valence-corrected chi connectivity index (χ3v) is 10.4. The molecule has 2 saturated heterocycles. The van der Waals surface area contributed by atoms with Crippen LogP contribution in [0.1, 0.15) is 12.1 Å². The number of carboxylic acid groups (broad SMARTS) is 1. The van der Waals surface area contributed by atoms with Gasteiger partial charge in [0.15, 0.2) is 10.8 Å². The number of β-lactam (4-membered cyclic amide) rings is 1. The van der Waals surface area contributed by atoms with Crippen molar-refractivity contribution in [1.82, 2.24) is 45.2 Å².